The fourth-order valence-electron chi connectivity index (χ4n) is 3.02. The molecule has 0 aliphatic heterocycles. The predicted octanol–water partition coefficient (Wildman–Crippen LogP) is 3.75. The molecule has 0 spiro atoms. The largest absolute Gasteiger partial charge is 0.488 e. The van der Waals surface area contributed by atoms with Gasteiger partial charge in [-0.1, -0.05) is 25.0 Å². The number of amides is 1. The van der Waals surface area contributed by atoms with Crippen LogP contribution in [0.4, 0.5) is 0 Å². The second-order valence-electron chi connectivity index (χ2n) is 6.04. The highest BCUT2D eigenvalue weighted by Crippen LogP contribution is 2.29. The zero-order valence-electron chi connectivity index (χ0n) is 13.5. The van der Waals surface area contributed by atoms with Gasteiger partial charge in [-0.05, 0) is 42.5 Å². The Bertz CT molecular complexity index is 655. The minimum Gasteiger partial charge on any atom is -0.488 e. The molecule has 1 aliphatic rings. The molecule has 24 heavy (non-hydrogen) atoms. The van der Waals surface area contributed by atoms with E-state index in [4.69, 9.17) is 10.5 Å². The van der Waals surface area contributed by atoms with Gasteiger partial charge in [0.1, 0.15) is 12.4 Å². The first-order valence-electron chi connectivity index (χ1n) is 7.99. The molecule has 0 atom stereocenters. The monoisotopic (exact) mass is 366 g/mol. The predicted molar refractivity (Wildman–Crippen MR) is 100 cm³/mol. The van der Waals surface area contributed by atoms with Gasteiger partial charge >= 0.3 is 0 Å². The highest BCUT2D eigenvalue weighted by Gasteiger charge is 2.34. The molecule has 6 heteroatoms. The fraction of sp³-hybridized carbons (Fsp3) is 0.389. The Morgan fingerprint density at radius 1 is 1.25 bits per heavy atom. The third kappa shape index (κ3) is 4.50. The van der Waals surface area contributed by atoms with Crippen LogP contribution in [0.3, 0.4) is 0 Å². The van der Waals surface area contributed by atoms with E-state index in [1.807, 2.05) is 35.7 Å². The normalized spacial score (nSPS) is 15.5. The number of nitrogens with two attached hydrogens (primary N) is 1. The van der Waals surface area contributed by atoms with Crippen LogP contribution in [0.25, 0.3) is 0 Å². The number of carbonyl (C=O) groups is 1. The van der Waals surface area contributed by atoms with Gasteiger partial charge in [-0.15, -0.1) is 23.7 Å². The van der Waals surface area contributed by atoms with Crippen molar-refractivity contribution in [1.82, 2.24) is 5.32 Å². The van der Waals surface area contributed by atoms with Crippen molar-refractivity contribution in [3.63, 3.8) is 0 Å². The Labute approximate surface area is 152 Å². The summed E-state index contributed by atoms with van der Waals surface area (Å²) in [5.74, 6) is 0.637. The average Bonchev–Trinajstić information content (AvgIpc) is 3.25. The molecule has 3 N–H and O–H groups in total. The molecule has 1 aromatic heterocycles. The number of ether oxygens (including phenoxy) is 1. The molecule has 3 rings (SSSR count). The van der Waals surface area contributed by atoms with Crippen LogP contribution in [-0.2, 0) is 6.61 Å². The molecule has 2 aromatic rings. The number of hydrogen-bond acceptors (Lipinski definition) is 4. The number of thiophene rings is 1. The van der Waals surface area contributed by atoms with Gasteiger partial charge in [-0.2, -0.15) is 0 Å². The van der Waals surface area contributed by atoms with E-state index in [-0.39, 0.29) is 23.9 Å². The Balaban J connectivity index is 0.00000208. The van der Waals surface area contributed by atoms with E-state index in [9.17, 15) is 4.79 Å². The van der Waals surface area contributed by atoms with Gasteiger partial charge in [0.05, 0.1) is 5.54 Å². The van der Waals surface area contributed by atoms with Crippen molar-refractivity contribution >= 4 is 29.7 Å². The van der Waals surface area contributed by atoms with Crippen LogP contribution in [-0.4, -0.2) is 18.0 Å². The summed E-state index contributed by atoms with van der Waals surface area (Å²) >= 11 is 1.66. The summed E-state index contributed by atoms with van der Waals surface area (Å²) in [5, 5.41) is 5.16. The molecule has 4 nitrogen and oxygen atoms in total. The van der Waals surface area contributed by atoms with Crippen molar-refractivity contribution in [3.8, 4) is 5.75 Å². The first-order chi connectivity index (χ1) is 11.2. The third-order valence-electron chi connectivity index (χ3n) is 4.39. The Morgan fingerprint density at radius 3 is 2.71 bits per heavy atom. The van der Waals surface area contributed by atoms with Crippen molar-refractivity contribution in [2.45, 2.75) is 37.8 Å². The first kappa shape index (κ1) is 18.8. The van der Waals surface area contributed by atoms with Crippen molar-refractivity contribution in [2.75, 3.05) is 6.54 Å². The summed E-state index contributed by atoms with van der Waals surface area (Å²) in [6, 6.07) is 11.4. The van der Waals surface area contributed by atoms with E-state index in [2.05, 4.69) is 5.32 Å². The van der Waals surface area contributed by atoms with Crippen LogP contribution in [0.2, 0.25) is 0 Å². The van der Waals surface area contributed by atoms with E-state index in [1.54, 1.807) is 17.4 Å². The van der Waals surface area contributed by atoms with Gasteiger partial charge in [0.25, 0.3) is 5.91 Å². The molecule has 1 aromatic carbocycles. The molecule has 1 heterocycles. The van der Waals surface area contributed by atoms with Gasteiger partial charge < -0.3 is 15.8 Å². The first-order valence-corrected chi connectivity index (χ1v) is 8.87. The maximum absolute atomic E-state index is 12.5. The fourth-order valence-corrected chi connectivity index (χ4v) is 3.64. The third-order valence-corrected chi connectivity index (χ3v) is 5.24. The number of hydrogen-bond donors (Lipinski definition) is 2. The zero-order valence-corrected chi connectivity index (χ0v) is 15.1. The van der Waals surface area contributed by atoms with Crippen molar-refractivity contribution in [3.05, 3.63) is 52.2 Å². The molecule has 0 unspecified atom stereocenters. The lowest BCUT2D eigenvalue weighted by molar-refractivity contribution is 0.0902. The summed E-state index contributed by atoms with van der Waals surface area (Å²) in [7, 11) is 0. The lowest BCUT2D eigenvalue weighted by Crippen LogP contribution is -2.51. The number of benzene rings is 1. The summed E-state index contributed by atoms with van der Waals surface area (Å²) in [5.41, 5.74) is 6.28. The smallest absolute Gasteiger partial charge is 0.251 e. The topological polar surface area (TPSA) is 64.3 Å². The van der Waals surface area contributed by atoms with Crippen LogP contribution >= 0.6 is 23.7 Å². The Morgan fingerprint density at radius 2 is 2.04 bits per heavy atom. The number of nitrogens with one attached hydrogen (secondary N) is 1. The summed E-state index contributed by atoms with van der Waals surface area (Å²) in [6.45, 7) is 1.02. The Kier molecular flexibility index (Phi) is 6.66. The highest BCUT2D eigenvalue weighted by molar-refractivity contribution is 7.09. The van der Waals surface area contributed by atoms with Gasteiger partial charge in [-0.3, -0.25) is 4.79 Å². The van der Waals surface area contributed by atoms with Crippen LogP contribution < -0.4 is 15.8 Å². The van der Waals surface area contributed by atoms with Crippen LogP contribution in [0.5, 0.6) is 5.75 Å². The quantitative estimate of drug-likeness (QED) is 0.818. The molecule has 1 aliphatic carbocycles. The van der Waals surface area contributed by atoms with Crippen LogP contribution in [0, 0.1) is 0 Å². The van der Waals surface area contributed by atoms with E-state index >= 15 is 0 Å². The molecule has 0 bridgehead atoms. The van der Waals surface area contributed by atoms with Gasteiger partial charge in [-0.25, -0.2) is 0 Å². The minimum atomic E-state index is -0.231. The van der Waals surface area contributed by atoms with E-state index < -0.39 is 0 Å². The Hall–Kier alpha value is -1.56. The van der Waals surface area contributed by atoms with Crippen molar-refractivity contribution < 1.29 is 9.53 Å². The second kappa shape index (κ2) is 8.51. The van der Waals surface area contributed by atoms with Crippen molar-refractivity contribution in [1.29, 1.82) is 0 Å². The van der Waals surface area contributed by atoms with Gasteiger partial charge in [0.15, 0.2) is 0 Å². The average molecular weight is 367 g/mol. The summed E-state index contributed by atoms with van der Waals surface area (Å²) in [6.07, 6.45) is 4.18. The highest BCUT2D eigenvalue weighted by atomic mass is 35.5. The number of carbonyl (C=O) groups excluding carboxylic acids is 1. The molecule has 0 radical (unpaired) electrons. The second-order valence-corrected chi connectivity index (χ2v) is 7.07. The lowest BCUT2D eigenvalue weighted by atomic mass is 9.97. The SMILES string of the molecule is Cl.NCC1(NC(=O)c2cccc(OCc3cccs3)c2)CCCC1. The summed E-state index contributed by atoms with van der Waals surface area (Å²) < 4.78 is 5.77. The zero-order chi connectivity index (χ0) is 16.1. The minimum absolute atomic E-state index is 0. The number of rotatable bonds is 6. The molecule has 1 fully saturated rings. The van der Waals surface area contributed by atoms with Crippen LogP contribution in [0.1, 0.15) is 40.9 Å². The maximum Gasteiger partial charge on any atom is 0.251 e. The maximum atomic E-state index is 12.5. The molecular weight excluding hydrogens is 344 g/mol. The van der Waals surface area contributed by atoms with E-state index in [0.717, 1.165) is 30.6 Å². The summed E-state index contributed by atoms with van der Waals surface area (Å²) in [4.78, 5) is 13.7. The number of halogens is 1. The van der Waals surface area contributed by atoms with E-state index in [0.29, 0.717) is 24.5 Å². The molecular formula is C18H23ClN2O2S. The van der Waals surface area contributed by atoms with Crippen molar-refractivity contribution in [2.24, 2.45) is 5.73 Å². The standard InChI is InChI=1S/C18H22N2O2S.ClH/c19-13-18(8-1-2-9-18)20-17(21)14-5-3-6-15(11-14)22-12-16-7-4-10-23-16;/h3-7,10-11H,1-2,8-9,12-13,19H2,(H,20,21);1H. The molecule has 0 saturated heterocycles. The van der Waals surface area contributed by atoms with Crippen LogP contribution in [0.15, 0.2) is 41.8 Å². The molecule has 1 amide bonds. The lowest BCUT2D eigenvalue weighted by Gasteiger charge is -2.28. The molecule has 1 saturated carbocycles. The van der Waals surface area contributed by atoms with Gasteiger partial charge in [0.2, 0.25) is 0 Å². The van der Waals surface area contributed by atoms with Gasteiger partial charge in [0, 0.05) is 17.0 Å². The van der Waals surface area contributed by atoms with E-state index in [1.165, 1.54) is 0 Å². The molecule has 130 valence electrons.